The molecule has 2 heterocycles. The Morgan fingerprint density at radius 1 is 1.67 bits per heavy atom. The van der Waals surface area contributed by atoms with Gasteiger partial charge in [0.05, 0.1) is 25.8 Å². The summed E-state index contributed by atoms with van der Waals surface area (Å²) in [4.78, 5) is 16.0. The molecule has 0 spiro atoms. The van der Waals surface area contributed by atoms with Crippen molar-refractivity contribution in [1.82, 2.24) is 9.79 Å². The maximum atomic E-state index is 14.1. The van der Waals surface area contributed by atoms with Gasteiger partial charge in [0.2, 0.25) is 5.88 Å². The quantitative estimate of drug-likeness (QED) is 0.644. The predicted molar refractivity (Wildman–Crippen MR) is 73.1 cm³/mol. The van der Waals surface area contributed by atoms with E-state index in [9.17, 15) is 18.7 Å². The van der Waals surface area contributed by atoms with E-state index < -0.39 is 11.8 Å². The number of aliphatic hydroxyl groups excluding tert-OH is 1. The summed E-state index contributed by atoms with van der Waals surface area (Å²) in [5, 5.41) is 9.27. The van der Waals surface area contributed by atoms with Crippen LogP contribution in [0.2, 0.25) is 0 Å². The Kier molecular flexibility index (Phi) is 4.90. The first-order valence-corrected chi connectivity index (χ1v) is 6.56. The summed E-state index contributed by atoms with van der Waals surface area (Å²) in [6.45, 7) is -0.171. The minimum Gasteiger partial charge on any atom is -0.481 e. The zero-order valence-corrected chi connectivity index (χ0v) is 11.6. The number of piperidine rings is 1. The van der Waals surface area contributed by atoms with E-state index in [0.717, 1.165) is 0 Å². The van der Waals surface area contributed by atoms with Gasteiger partial charge in [-0.1, -0.05) is 0 Å². The van der Waals surface area contributed by atoms with Crippen LogP contribution >= 0.6 is 0 Å². The lowest BCUT2D eigenvalue weighted by molar-refractivity contribution is -0.0625. The zero-order valence-electron chi connectivity index (χ0n) is 11.6. The first kappa shape index (κ1) is 15.8. The second-order valence-corrected chi connectivity index (χ2v) is 4.94. The van der Waals surface area contributed by atoms with Crippen molar-refractivity contribution in [1.29, 1.82) is 0 Å². The normalized spacial score (nSPS) is 21.8. The smallest absolute Gasteiger partial charge is 0.293 e. The van der Waals surface area contributed by atoms with E-state index in [1.54, 1.807) is 4.81 Å². The van der Waals surface area contributed by atoms with E-state index in [1.807, 2.05) is 0 Å². The number of nitrogens with zero attached hydrogens (tertiary/aromatic N) is 2. The van der Waals surface area contributed by atoms with Gasteiger partial charge in [0, 0.05) is 18.2 Å². The van der Waals surface area contributed by atoms with E-state index in [-0.39, 0.29) is 32.0 Å². The minimum atomic E-state index is -2.88. The second-order valence-electron chi connectivity index (χ2n) is 4.94. The zero-order chi connectivity index (χ0) is 15.5. The molecule has 0 aliphatic carbocycles. The lowest BCUT2D eigenvalue weighted by atomic mass is 9.82. The highest BCUT2D eigenvalue weighted by atomic mass is 19.3. The summed E-state index contributed by atoms with van der Waals surface area (Å²) in [6.07, 6.45) is 1.59. The molecule has 1 radical (unpaired) electrons. The third kappa shape index (κ3) is 3.38. The number of alkyl halides is 2. The number of rotatable bonds is 5. The number of pyridine rings is 1. The first-order chi connectivity index (χ1) is 10.0. The molecule has 21 heavy (non-hydrogen) atoms. The summed E-state index contributed by atoms with van der Waals surface area (Å²) in [7, 11) is 2.67. The molecule has 1 aromatic rings. The number of carbonyl (C=O) groups is 1. The van der Waals surface area contributed by atoms with E-state index >= 15 is 0 Å². The number of methoxy groups -OCH3 is 1. The SMILES string of the molecule is COc1ncc(C2CN([B]C=O)CCC2(F)F)cc1CO. The van der Waals surface area contributed by atoms with E-state index in [1.165, 1.54) is 26.8 Å². The summed E-state index contributed by atoms with van der Waals surface area (Å²) < 4.78 is 33.2. The van der Waals surface area contributed by atoms with Gasteiger partial charge < -0.3 is 19.4 Å². The molecular formula is C13H16BF2N2O3. The highest BCUT2D eigenvalue weighted by Crippen LogP contribution is 2.40. The molecule has 2 rings (SSSR count). The van der Waals surface area contributed by atoms with Gasteiger partial charge in [0.25, 0.3) is 13.3 Å². The molecule has 1 aliphatic rings. The van der Waals surface area contributed by atoms with Crippen LogP contribution in [0.4, 0.5) is 8.78 Å². The number of hydrogen-bond acceptors (Lipinski definition) is 5. The molecule has 0 saturated carbocycles. The molecule has 113 valence electrons. The Bertz CT molecular complexity index is 516. The van der Waals surface area contributed by atoms with Crippen molar-refractivity contribution in [2.24, 2.45) is 0 Å². The lowest BCUT2D eigenvalue weighted by Gasteiger charge is -2.38. The number of hydrogen-bond donors (Lipinski definition) is 1. The molecule has 1 aliphatic heterocycles. The lowest BCUT2D eigenvalue weighted by Crippen LogP contribution is -2.47. The average Bonchev–Trinajstić information content (AvgIpc) is 2.48. The van der Waals surface area contributed by atoms with Gasteiger partial charge in [-0.3, -0.25) is 0 Å². The number of aromatic nitrogens is 1. The maximum Gasteiger partial charge on any atom is 0.293 e. The van der Waals surface area contributed by atoms with Gasteiger partial charge in [-0.2, -0.15) is 0 Å². The molecule has 1 saturated heterocycles. The average molecular weight is 297 g/mol. The van der Waals surface area contributed by atoms with Crippen LogP contribution in [0, 0.1) is 0 Å². The maximum absolute atomic E-state index is 14.1. The largest absolute Gasteiger partial charge is 0.481 e. The van der Waals surface area contributed by atoms with Gasteiger partial charge in [-0.15, -0.1) is 0 Å². The number of halogens is 2. The molecule has 1 N–H and O–H groups in total. The Balaban J connectivity index is 2.30. The van der Waals surface area contributed by atoms with Crippen LogP contribution in [0.3, 0.4) is 0 Å². The van der Waals surface area contributed by atoms with Crippen molar-refractivity contribution in [2.45, 2.75) is 24.9 Å². The first-order valence-electron chi connectivity index (χ1n) is 6.56. The molecule has 0 bridgehead atoms. The van der Waals surface area contributed by atoms with E-state index in [4.69, 9.17) is 4.74 Å². The van der Waals surface area contributed by atoms with Crippen LogP contribution in [0.25, 0.3) is 0 Å². The Morgan fingerprint density at radius 3 is 3.05 bits per heavy atom. The van der Waals surface area contributed by atoms with Gasteiger partial charge in [-0.25, -0.2) is 13.8 Å². The number of ether oxygens (including phenoxy) is 1. The summed E-state index contributed by atoms with van der Waals surface area (Å²) in [5.41, 5.74) is 0.691. The van der Waals surface area contributed by atoms with Crippen LogP contribution in [-0.2, 0) is 11.4 Å². The summed E-state index contributed by atoms with van der Waals surface area (Å²) >= 11 is 0. The summed E-state index contributed by atoms with van der Waals surface area (Å²) in [6, 6.07) is 1.48. The van der Waals surface area contributed by atoms with Crippen molar-refractivity contribution in [3.05, 3.63) is 23.4 Å². The van der Waals surface area contributed by atoms with Gasteiger partial charge in [0.1, 0.15) is 0 Å². The van der Waals surface area contributed by atoms with Crippen molar-refractivity contribution >= 4 is 13.6 Å². The fourth-order valence-electron chi connectivity index (χ4n) is 2.50. The van der Waals surface area contributed by atoms with Crippen molar-refractivity contribution in [2.75, 3.05) is 20.2 Å². The highest BCUT2D eigenvalue weighted by Gasteiger charge is 2.45. The molecular weight excluding hydrogens is 281 g/mol. The standard InChI is InChI=1S/C13H16BF2N2O3/c1-21-12-10(7-19)4-9(5-17-12)11-6-18(14-8-20)3-2-13(11,15)16/h4-5,8,11,19H,2-3,6-7H2,1H3. The molecule has 0 amide bonds. The molecule has 1 unspecified atom stereocenters. The van der Waals surface area contributed by atoms with E-state index in [0.29, 0.717) is 17.3 Å². The van der Waals surface area contributed by atoms with Crippen molar-refractivity contribution in [3.63, 3.8) is 0 Å². The van der Waals surface area contributed by atoms with Crippen molar-refractivity contribution in [3.8, 4) is 5.88 Å². The van der Waals surface area contributed by atoms with Crippen LogP contribution < -0.4 is 4.74 Å². The van der Waals surface area contributed by atoms with Gasteiger partial charge >= 0.3 is 0 Å². The number of carbonyl (C=O) groups excluding carboxylic acids is 1. The molecule has 1 atom stereocenters. The fourth-order valence-corrected chi connectivity index (χ4v) is 2.50. The van der Waals surface area contributed by atoms with Crippen LogP contribution in [0.15, 0.2) is 12.3 Å². The monoisotopic (exact) mass is 297 g/mol. The predicted octanol–water partition coefficient (Wildman–Crippen LogP) is 0.817. The van der Waals surface area contributed by atoms with E-state index in [2.05, 4.69) is 4.98 Å². The minimum absolute atomic E-state index is 0.0324. The fraction of sp³-hybridized carbons (Fsp3) is 0.538. The summed E-state index contributed by atoms with van der Waals surface area (Å²) in [5.74, 6) is -3.74. The topological polar surface area (TPSA) is 62.7 Å². The molecule has 5 nitrogen and oxygen atoms in total. The van der Waals surface area contributed by atoms with Crippen LogP contribution in [0.1, 0.15) is 23.5 Å². The third-order valence-electron chi connectivity index (χ3n) is 3.64. The van der Waals surface area contributed by atoms with Gasteiger partial charge in [-0.05, 0) is 24.7 Å². The van der Waals surface area contributed by atoms with Crippen LogP contribution in [-0.4, -0.2) is 54.6 Å². The second kappa shape index (κ2) is 6.49. The molecule has 1 fully saturated rings. The third-order valence-corrected chi connectivity index (χ3v) is 3.64. The Morgan fingerprint density at radius 2 is 2.43 bits per heavy atom. The highest BCUT2D eigenvalue weighted by molar-refractivity contribution is 6.64. The molecule has 0 aromatic carbocycles. The molecule has 8 heteroatoms. The Hall–Kier alpha value is -1.54. The number of aliphatic hydroxyl groups is 1. The van der Waals surface area contributed by atoms with Crippen molar-refractivity contribution < 1.29 is 23.4 Å². The Labute approximate surface area is 122 Å². The van der Waals surface area contributed by atoms with Crippen LogP contribution in [0.5, 0.6) is 5.88 Å². The van der Waals surface area contributed by atoms with Gasteiger partial charge in [0.15, 0.2) is 0 Å². The molecule has 1 aromatic heterocycles.